The third kappa shape index (κ3) is 4.09. The summed E-state index contributed by atoms with van der Waals surface area (Å²) in [6, 6.07) is 0.288. The van der Waals surface area contributed by atoms with Crippen LogP contribution in [0.5, 0.6) is 5.75 Å². The number of phenols is 1. The third-order valence-electron chi connectivity index (χ3n) is 8.18. The highest BCUT2D eigenvalue weighted by Gasteiger charge is 2.64. The number of carbonyl (C=O) groups excluding carboxylic acids is 5. The number of nitrogens with two attached hydrogens (primary N) is 1. The highest BCUT2D eigenvalue weighted by atomic mass is 16.3. The molecule has 1 saturated carbocycles. The van der Waals surface area contributed by atoms with Gasteiger partial charge in [0.2, 0.25) is 5.78 Å². The molecule has 1 aromatic rings. The molecule has 0 unspecified atom stereocenters. The molecule has 0 spiro atoms. The molecule has 214 valence electrons. The lowest BCUT2D eigenvalue weighted by molar-refractivity contribution is -0.153. The summed E-state index contributed by atoms with van der Waals surface area (Å²) >= 11 is 0. The van der Waals surface area contributed by atoms with Crippen molar-refractivity contribution in [2.45, 2.75) is 44.2 Å². The standard InChI is InChI=1S/C28H33N3O9/c1-11(32)6-7-17(33)14-10-16(30(2)3)13-8-12-9-15-21(31(4)5)24(36)20(27(29)39)26(38)28(15,40)25(37)18(12)23(35)19(13)22(14)34/h10,12,15,21,34-35,38,40H,6-9H2,1-5H3,(H2,29,39)/t12-,15-,21-,28-/m0/s1. The summed E-state index contributed by atoms with van der Waals surface area (Å²) in [5.41, 5.74) is 2.00. The van der Waals surface area contributed by atoms with Gasteiger partial charge >= 0.3 is 0 Å². The number of fused-ring (bicyclic) bond motifs is 3. The van der Waals surface area contributed by atoms with Crippen molar-refractivity contribution in [3.05, 3.63) is 39.7 Å². The quantitative estimate of drug-likeness (QED) is 0.233. The number of aliphatic hydroxyl groups is 3. The Hall–Kier alpha value is -4.03. The molecule has 3 aliphatic carbocycles. The minimum absolute atomic E-state index is 0.0430. The van der Waals surface area contributed by atoms with Crippen molar-refractivity contribution in [2.24, 2.45) is 17.6 Å². The molecule has 3 aliphatic rings. The third-order valence-corrected chi connectivity index (χ3v) is 8.18. The van der Waals surface area contributed by atoms with Gasteiger partial charge in [-0.05, 0) is 51.4 Å². The van der Waals surface area contributed by atoms with Crippen LogP contribution in [0.25, 0.3) is 5.76 Å². The van der Waals surface area contributed by atoms with Gasteiger partial charge in [0.05, 0.1) is 17.2 Å². The van der Waals surface area contributed by atoms with Crippen LogP contribution in [0, 0.1) is 11.8 Å². The summed E-state index contributed by atoms with van der Waals surface area (Å²) in [5.74, 6) is -8.39. The fourth-order valence-electron chi connectivity index (χ4n) is 6.33. The van der Waals surface area contributed by atoms with Gasteiger partial charge < -0.3 is 35.9 Å². The zero-order valence-corrected chi connectivity index (χ0v) is 22.9. The Morgan fingerprint density at radius 2 is 1.70 bits per heavy atom. The second-order valence-corrected chi connectivity index (χ2v) is 11.1. The number of likely N-dealkylation sites (N-methyl/N-ethyl adjacent to an activating group) is 1. The Balaban J connectivity index is 1.97. The Kier molecular flexibility index (Phi) is 7.14. The van der Waals surface area contributed by atoms with Gasteiger partial charge in [-0.2, -0.15) is 0 Å². The second kappa shape index (κ2) is 9.86. The maximum absolute atomic E-state index is 14.0. The number of phenolic OH excluding ortho intramolecular Hbond substituents is 1. The summed E-state index contributed by atoms with van der Waals surface area (Å²) in [6.07, 6.45) is -0.173. The van der Waals surface area contributed by atoms with Gasteiger partial charge in [-0.15, -0.1) is 0 Å². The van der Waals surface area contributed by atoms with Crippen LogP contribution in [0.3, 0.4) is 0 Å². The highest BCUT2D eigenvalue weighted by molar-refractivity contribution is 6.24. The SMILES string of the molecule is CC(=O)CCC(=O)c1cc(N(C)C)c2c(c1O)C(O)=C1C(=O)[C@]3(O)C(O)=C(C(N)=O)C(=O)[C@@H](N(C)C)[C@@H]3C[C@@H]1C2. The van der Waals surface area contributed by atoms with Crippen molar-refractivity contribution in [3.8, 4) is 5.75 Å². The van der Waals surface area contributed by atoms with Crippen LogP contribution in [0.4, 0.5) is 5.69 Å². The van der Waals surface area contributed by atoms with Gasteiger partial charge in [-0.25, -0.2) is 0 Å². The molecule has 0 saturated heterocycles. The van der Waals surface area contributed by atoms with E-state index in [-0.39, 0.29) is 48.2 Å². The van der Waals surface area contributed by atoms with E-state index in [0.717, 1.165) is 0 Å². The van der Waals surface area contributed by atoms with Gasteiger partial charge in [0, 0.05) is 44.1 Å². The van der Waals surface area contributed by atoms with Crippen LogP contribution in [0.15, 0.2) is 23.0 Å². The lowest BCUT2D eigenvalue weighted by atomic mass is 9.57. The topological polar surface area (TPSA) is 199 Å². The fourth-order valence-corrected chi connectivity index (χ4v) is 6.33. The van der Waals surface area contributed by atoms with E-state index >= 15 is 0 Å². The monoisotopic (exact) mass is 555 g/mol. The number of primary amides is 1. The number of nitrogens with zero attached hydrogens (tertiary/aromatic N) is 2. The molecule has 0 heterocycles. The number of amides is 1. The molecule has 0 bridgehead atoms. The molecule has 1 aromatic carbocycles. The van der Waals surface area contributed by atoms with Crippen molar-refractivity contribution >= 4 is 40.5 Å². The van der Waals surface area contributed by atoms with Crippen LogP contribution in [-0.4, -0.2) is 94.2 Å². The Morgan fingerprint density at radius 3 is 2.23 bits per heavy atom. The number of rotatable bonds is 7. The van der Waals surface area contributed by atoms with Crippen molar-refractivity contribution in [1.29, 1.82) is 0 Å². The average molecular weight is 556 g/mol. The molecule has 0 radical (unpaired) electrons. The minimum Gasteiger partial charge on any atom is -0.508 e. The molecule has 1 amide bonds. The normalized spacial score (nSPS) is 25.9. The molecule has 0 aromatic heterocycles. The molecule has 1 fully saturated rings. The number of anilines is 1. The molecule has 40 heavy (non-hydrogen) atoms. The van der Waals surface area contributed by atoms with Crippen LogP contribution in [0.1, 0.15) is 47.7 Å². The number of Topliss-reactive ketones (excluding diaryl/α,β-unsaturated/α-hetero) is 4. The predicted molar refractivity (Wildman–Crippen MR) is 143 cm³/mol. The first-order valence-electron chi connectivity index (χ1n) is 12.8. The van der Waals surface area contributed by atoms with E-state index in [0.29, 0.717) is 11.3 Å². The van der Waals surface area contributed by atoms with E-state index in [1.165, 1.54) is 32.0 Å². The molecular formula is C28H33N3O9. The average Bonchev–Trinajstić information content (AvgIpc) is 2.84. The van der Waals surface area contributed by atoms with Crippen LogP contribution < -0.4 is 10.6 Å². The van der Waals surface area contributed by atoms with Crippen LogP contribution >= 0.6 is 0 Å². The largest absolute Gasteiger partial charge is 0.508 e. The first-order valence-corrected chi connectivity index (χ1v) is 12.8. The van der Waals surface area contributed by atoms with E-state index in [2.05, 4.69) is 0 Å². The summed E-state index contributed by atoms with van der Waals surface area (Å²) < 4.78 is 0. The first-order chi connectivity index (χ1) is 18.5. The van der Waals surface area contributed by atoms with E-state index in [4.69, 9.17) is 5.73 Å². The summed E-state index contributed by atoms with van der Waals surface area (Å²) in [4.78, 5) is 66.8. The van der Waals surface area contributed by atoms with E-state index in [9.17, 15) is 44.4 Å². The molecule has 4 atom stereocenters. The van der Waals surface area contributed by atoms with Crippen molar-refractivity contribution in [1.82, 2.24) is 4.90 Å². The van der Waals surface area contributed by atoms with Gasteiger partial charge in [0.25, 0.3) is 5.91 Å². The Labute approximate surface area is 230 Å². The maximum atomic E-state index is 14.0. The van der Waals surface area contributed by atoms with Gasteiger partial charge in [-0.1, -0.05) is 0 Å². The number of benzene rings is 1. The zero-order valence-electron chi connectivity index (χ0n) is 22.9. The number of carbonyl (C=O) groups is 5. The lowest BCUT2D eigenvalue weighted by Crippen LogP contribution is -2.65. The summed E-state index contributed by atoms with van der Waals surface area (Å²) in [6.45, 7) is 1.33. The van der Waals surface area contributed by atoms with Gasteiger partial charge in [-0.3, -0.25) is 24.1 Å². The molecular weight excluding hydrogens is 522 g/mol. The van der Waals surface area contributed by atoms with Crippen LogP contribution in [0.2, 0.25) is 0 Å². The Bertz CT molecular complexity index is 1440. The first kappa shape index (κ1) is 29.0. The molecule has 12 heteroatoms. The Morgan fingerprint density at radius 1 is 1.07 bits per heavy atom. The number of aliphatic hydroxyl groups excluding tert-OH is 2. The maximum Gasteiger partial charge on any atom is 0.255 e. The second-order valence-electron chi connectivity index (χ2n) is 11.1. The highest BCUT2D eigenvalue weighted by Crippen LogP contribution is 2.54. The number of ketones is 4. The lowest BCUT2D eigenvalue weighted by Gasteiger charge is -2.50. The van der Waals surface area contributed by atoms with Crippen molar-refractivity contribution < 1.29 is 44.4 Å². The number of aromatic hydroxyl groups is 1. The minimum atomic E-state index is -2.75. The summed E-state index contributed by atoms with van der Waals surface area (Å²) in [7, 11) is 6.46. The van der Waals surface area contributed by atoms with Crippen molar-refractivity contribution in [2.75, 3.05) is 33.1 Å². The molecule has 6 N–H and O–H groups in total. The van der Waals surface area contributed by atoms with Gasteiger partial charge in [0.1, 0.15) is 28.6 Å². The van der Waals surface area contributed by atoms with E-state index in [1.54, 1.807) is 19.0 Å². The van der Waals surface area contributed by atoms with E-state index < -0.39 is 69.6 Å². The molecule has 4 rings (SSSR count). The van der Waals surface area contributed by atoms with Crippen molar-refractivity contribution in [3.63, 3.8) is 0 Å². The fraction of sp³-hybridized carbons (Fsp3) is 0.464. The smallest absolute Gasteiger partial charge is 0.255 e. The number of hydrogen-bond donors (Lipinski definition) is 5. The molecule has 12 nitrogen and oxygen atoms in total. The van der Waals surface area contributed by atoms with Crippen LogP contribution in [-0.2, 0) is 25.6 Å². The summed E-state index contributed by atoms with van der Waals surface area (Å²) in [5, 5.41) is 45.3. The zero-order chi connectivity index (χ0) is 30.0. The predicted octanol–water partition coefficient (Wildman–Crippen LogP) is 0.582. The number of hydrogen-bond acceptors (Lipinski definition) is 11. The van der Waals surface area contributed by atoms with E-state index in [1.807, 2.05) is 0 Å². The van der Waals surface area contributed by atoms with Gasteiger partial charge in [0.15, 0.2) is 17.2 Å². The molecule has 0 aliphatic heterocycles.